The zero-order valence-electron chi connectivity index (χ0n) is 10.5. The molecule has 1 unspecified atom stereocenters. The van der Waals surface area contributed by atoms with Gasteiger partial charge in [-0.2, -0.15) is 10.4 Å². The molecule has 0 aliphatic rings. The van der Waals surface area contributed by atoms with Crippen LogP contribution in [0.15, 0.2) is 42.9 Å². The van der Waals surface area contributed by atoms with Gasteiger partial charge in [0.2, 0.25) is 0 Å². The van der Waals surface area contributed by atoms with Crippen LogP contribution in [0.3, 0.4) is 0 Å². The molecule has 0 radical (unpaired) electrons. The number of aliphatic hydroxyl groups is 1. The van der Waals surface area contributed by atoms with Crippen LogP contribution in [-0.2, 0) is 0 Å². The van der Waals surface area contributed by atoms with Gasteiger partial charge in [-0.05, 0) is 12.1 Å². The van der Waals surface area contributed by atoms with Gasteiger partial charge >= 0.3 is 0 Å². The van der Waals surface area contributed by atoms with Crippen LogP contribution < -0.4 is 0 Å². The highest BCUT2D eigenvalue weighted by Crippen LogP contribution is 2.23. The van der Waals surface area contributed by atoms with Crippen LogP contribution in [0.1, 0.15) is 11.6 Å². The topological polar surface area (TPSA) is 87.6 Å². The van der Waals surface area contributed by atoms with Crippen LogP contribution in [-0.4, -0.2) is 31.5 Å². The number of benzene rings is 1. The summed E-state index contributed by atoms with van der Waals surface area (Å²) in [6.07, 6.45) is 3.01. The summed E-state index contributed by atoms with van der Waals surface area (Å²) in [7, 11) is 0. The van der Waals surface area contributed by atoms with Gasteiger partial charge in [-0.3, -0.25) is 0 Å². The highest BCUT2D eigenvalue weighted by Gasteiger charge is 2.18. The van der Waals surface area contributed by atoms with Crippen LogP contribution in [0.25, 0.3) is 16.7 Å². The lowest BCUT2D eigenvalue weighted by atomic mass is 10.1. The predicted octanol–water partition coefficient (Wildman–Crippen LogP) is 1.41. The van der Waals surface area contributed by atoms with E-state index >= 15 is 0 Å². The van der Waals surface area contributed by atoms with Crippen LogP contribution in [0.2, 0.25) is 0 Å². The van der Waals surface area contributed by atoms with E-state index in [1.54, 1.807) is 10.9 Å². The molecule has 1 atom stereocenters. The molecule has 98 valence electrons. The minimum absolute atomic E-state index is 0.279. The van der Waals surface area contributed by atoms with Crippen LogP contribution in [0, 0.1) is 11.3 Å². The van der Waals surface area contributed by atoms with E-state index in [2.05, 4.69) is 15.1 Å². The fourth-order valence-corrected chi connectivity index (χ4v) is 2.09. The SMILES string of the molecule is N#CC(CO)c1ncnc2c1cnn2-c1ccccc1. The lowest BCUT2D eigenvalue weighted by Gasteiger charge is -2.06. The second kappa shape index (κ2) is 5.07. The van der Waals surface area contributed by atoms with Crippen molar-refractivity contribution >= 4 is 11.0 Å². The summed E-state index contributed by atoms with van der Waals surface area (Å²) in [6, 6.07) is 11.6. The van der Waals surface area contributed by atoms with E-state index in [1.165, 1.54) is 6.33 Å². The highest BCUT2D eigenvalue weighted by atomic mass is 16.3. The molecule has 0 aliphatic carbocycles. The largest absolute Gasteiger partial charge is 0.395 e. The molecule has 2 aromatic heterocycles. The molecule has 3 aromatic rings. The quantitative estimate of drug-likeness (QED) is 0.773. The molecular formula is C14H11N5O. The maximum atomic E-state index is 9.25. The Balaban J connectivity index is 2.21. The van der Waals surface area contributed by atoms with E-state index in [1.807, 2.05) is 36.4 Å². The third kappa shape index (κ3) is 1.90. The van der Waals surface area contributed by atoms with E-state index in [4.69, 9.17) is 5.26 Å². The Morgan fingerprint density at radius 3 is 2.75 bits per heavy atom. The fourth-order valence-electron chi connectivity index (χ4n) is 2.09. The van der Waals surface area contributed by atoms with Gasteiger partial charge in [-0.1, -0.05) is 18.2 Å². The summed E-state index contributed by atoms with van der Waals surface area (Å²) < 4.78 is 1.69. The van der Waals surface area contributed by atoms with Gasteiger partial charge in [0.25, 0.3) is 0 Å². The lowest BCUT2D eigenvalue weighted by Crippen LogP contribution is -2.05. The molecule has 1 aromatic carbocycles. The minimum Gasteiger partial charge on any atom is -0.395 e. The molecule has 0 amide bonds. The molecule has 0 saturated carbocycles. The molecule has 3 rings (SSSR count). The Hall–Kier alpha value is -2.78. The number of hydrogen-bond acceptors (Lipinski definition) is 5. The maximum absolute atomic E-state index is 9.25. The predicted molar refractivity (Wildman–Crippen MR) is 72.1 cm³/mol. The first-order valence-electron chi connectivity index (χ1n) is 6.09. The number of aromatic nitrogens is 4. The van der Waals surface area contributed by atoms with Crippen molar-refractivity contribution < 1.29 is 5.11 Å². The minimum atomic E-state index is -0.672. The Labute approximate surface area is 114 Å². The van der Waals surface area contributed by atoms with Crippen molar-refractivity contribution in [1.29, 1.82) is 5.26 Å². The van der Waals surface area contributed by atoms with Gasteiger partial charge in [-0.15, -0.1) is 0 Å². The van der Waals surface area contributed by atoms with Gasteiger partial charge in [0.05, 0.1) is 35.6 Å². The van der Waals surface area contributed by atoms with Gasteiger partial charge in [0.15, 0.2) is 5.65 Å². The molecule has 6 heteroatoms. The third-order valence-electron chi connectivity index (χ3n) is 3.07. The Bertz CT molecular complexity index is 775. The van der Waals surface area contributed by atoms with Crippen molar-refractivity contribution in [2.75, 3.05) is 6.61 Å². The van der Waals surface area contributed by atoms with E-state index in [0.717, 1.165) is 5.69 Å². The molecular weight excluding hydrogens is 254 g/mol. The Morgan fingerprint density at radius 1 is 1.25 bits per heavy atom. The third-order valence-corrected chi connectivity index (χ3v) is 3.07. The maximum Gasteiger partial charge on any atom is 0.166 e. The molecule has 0 aliphatic heterocycles. The molecule has 2 heterocycles. The summed E-state index contributed by atoms with van der Waals surface area (Å²) in [5.74, 6) is -0.672. The number of aliphatic hydroxyl groups excluding tert-OH is 1. The molecule has 20 heavy (non-hydrogen) atoms. The van der Waals surface area contributed by atoms with E-state index in [0.29, 0.717) is 16.7 Å². The molecule has 0 spiro atoms. The van der Waals surface area contributed by atoms with Crippen molar-refractivity contribution in [3.63, 3.8) is 0 Å². The van der Waals surface area contributed by atoms with E-state index < -0.39 is 5.92 Å². The highest BCUT2D eigenvalue weighted by molar-refractivity contribution is 5.79. The zero-order chi connectivity index (χ0) is 13.9. The molecule has 0 fully saturated rings. The standard InChI is InChI=1S/C14H11N5O/c15-6-10(8-20)13-12-7-18-19(14(12)17-9-16-13)11-4-2-1-3-5-11/h1-5,7,9-10,20H,8H2. The summed E-state index contributed by atoms with van der Waals surface area (Å²) in [5, 5.41) is 23.3. The monoisotopic (exact) mass is 265 g/mol. The summed E-state index contributed by atoms with van der Waals surface area (Å²) >= 11 is 0. The Morgan fingerprint density at radius 2 is 2.05 bits per heavy atom. The number of fused-ring (bicyclic) bond motifs is 1. The van der Waals surface area contributed by atoms with Crippen molar-refractivity contribution in [1.82, 2.24) is 19.7 Å². The van der Waals surface area contributed by atoms with E-state index in [9.17, 15) is 5.11 Å². The van der Waals surface area contributed by atoms with Gasteiger partial charge < -0.3 is 5.11 Å². The van der Waals surface area contributed by atoms with Gasteiger partial charge in [0.1, 0.15) is 12.2 Å². The second-order valence-electron chi connectivity index (χ2n) is 4.25. The van der Waals surface area contributed by atoms with Crippen molar-refractivity contribution in [3.05, 3.63) is 48.5 Å². The smallest absolute Gasteiger partial charge is 0.166 e. The first-order valence-corrected chi connectivity index (χ1v) is 6.09. The molecule has 6 nitrogen and oxygen atoms in total. The van der Waals surface area contributed by atoms with Crippen LogP contribution in [0.4, 0.5) is 0 Å². The fraction of sp³-hybridized carbons (Fsp3) is 0.143. The van der Waals surface area contributed by atoms with Crippen LogP contribution >= 0.6 is 0 Å². The van der Waals surface area contributed by atoms with Crippen LogP contribution in [0.5, 0.6) is 0 Å². The summed E-state index contributed by atoms with van der Waals surface area (Å²) in [4.78, 5) is 8.34. The average Bonchev–Trinajstić information content (AvgIpc) is 2.94. The van der Waals surface area contributed by atoms with Crippen molar-refractivity contribution in [2.24, 2.45) is 0 Å². The van der Waals surface area contributed by atoms with Gasteiger partial charge in [0, 0.05) is 0 Å². The molecule has 1 N–H and O–H groups in total. The van der Waals surface area contributed by atoms with E-state index in [-0.39, 0.29) is 6.61 Å². The molecule has 0 saturated heterocycles. The van der Waals surface area contributed by atoms with Gasteiger partial charge in [-0.25, -0.2) is 14.6 Å². The Kier molecular flexibility index (Phi) is 3.11. The number of nitrogens with zero attached hydrogens (tertiary/aromatic N) is 5. The van der Waals surface area contributed by atoms with Crippen molar-refractivity contribution in [3.8, 4) is 11.8 Å². The normalized spacial score (nSPS) is 12.2. The first-order chi connectivity index (χ1) is 9.85. The first kappa shape index (κ1) is 12.3. The average molecular weight is 265 g/mol. The number of rotatable bonds is 3. The number of nitriles is 1. The number of hydrogen-bond donors (Lipinski definition) is 1. The lowest BCUT2D eigenvalue weighted by molar-refractivity contribution is 0.284. The second-order valence-corrected chi connectivity index (χ2v) is 4.25. The zero-order valence-corrected chi connectivity index (χ0v) is 10.5. The van der Waals surface area contributed by atoms with Crippen molar-refractivity contribution in [2.45, 2.75) is 5.92 Å². The number of para-hydroxylation sites is 1. The summed E-state index contributed by atoms with van der Waals surface area (Å²) in [5.41, 5.74) is 2.00. The molecule has 0 bridgehead atoms. The summed E-state index contributed by atoms with van der Waals surface area (Å²) in [6.45, 7) is -0.279.